The molecule has 5 N–H and O–H groups in total. The number of amides is 3. The lowest BCUT2D eigenvalue weighted by Crippen LogP contribution is -2.55. The maximum absolute atomic E-state index is 12.5. The number of aliphatic hydroxyl groups is 1. The molecule has 1 fully saturated rings. The summed E-state index contributed by atoms with van der Waals surface area (Å²) in [6.45, 7) is 0.158. The van der Waals surface area contributed by atoms with Gasteiger partial charge in [0.05, 0.1) is 6.61 Å². The number of carbonyl (C=O) groups is 3. The topological polar surface area (TPSA) is 137 Å². The first-order valence-electron chi connectivity index (χ1n) is 9.51. The van der Waals surface area contributed by atoms with Gasteiger partial charge in [-0.25, -0.2) is 5.48 Å². The highest BCUT2D eigenvalue weighted by Crippen LogP contribution is 2.23. The summed E-state index contributed by atoms with van der Waals surface area (Å²) >= 11 is 0. The standard InChI is InChI=1S/C21H23N3O6/c25-11-12-30-17-9-5-14(6-10-17)13-1-3-15(4-2-13)19(26)23-18(21(28)24-29)20(27)22-16-7-8-16/h1-6,9-10,16,18,25,29H,7-8,11-12H2,(H,22,27)(H,23,26)(H,24,28). The second-order valence-electron chi connectivity index (χ2n) is 6.84. The van der Waals surface area contributed by atoms with E-state index in [9.17, 15) is 14.4 Å². The summed E-state index contributed by atoms with van der Waals surface area (Å²) in [5.41, 5.74) is 3.43. The predicted molar refractivity (Wildman–Crippen MR) is 107 cm³/mol. The van der Waals surface area contributed by atoms with Crippen molar-refractivity contribution in [2.75, 3.05) is 13.2 Å². The van der Waals surface area contributed by atoms with Crippen LogP contribution < -0.4 is 20.9 Å². The van der Waals surface area contributed by atoms with Gasteiger partial charge < -0.3 is 20.5 Å². The Kier molecular flexibility index (Phi) is 6.99. The van der Waals surface area contributed by atoms with Crippen LogP contribution >= 0.6 is 0 Å². The summed E-state index contributed by atoms with van der Waals surface area (Å²) in [7, 11) is 0. The van der Waals surface area contributed by atoms with Crippen molar-refractivity contribution in [3.63, 3.8) is 0 Å². The molecule has 1 unspecified atom stereocenters. The van der Waals surface area contributed by atoms with Crippen LogP contribution in [0.15, 0.2) is 48.5 Å². The molecule has 0 bridgehead atoms. The van der Waals surface area contributed by atoms with Gasteiger partial charge >= 0.3 is 0 Å². The zero-order chi connectivity index (χ0) is 21.5. The molecule has 1 saturated carbocycles. The molecule has 2 aromatic rings. The summed E-state index contributed by atoms with van der Waals surface area (Å²) < 4.78 is 5.32. The Morgan fingerprint density at radius 1 is 0.967 bits per heavy atom. The third-order valence-electron chi connectivity index (χ3n) is 4.53. The molecule has 30 heavy (non-hydrogen) atoms. The zero-order valence-corrected chi connectivity index (χ0v) is 16.1. The minimum Gasteiger partial charge on any atom is -0.491 e. The van der Waals surface area contributed by atoms with E-state index in [4.69, 9.17) is 15.1 Å². The molecule has 0 aromatic heterocycles. The molecule has 0 aliphatic heterocycles. The minimum absolute atomic E-state index is 0.00288. The normalized spacial score (nSPS) is 13.8. The van der Waals surface area contributed by atoms with Crippen molar-refractivity contribution >= 4 is 17.7 Å². The first kappa shape index (κ1) is 21.3. The maximum atomic E-state index is 12.5. The number of hydrogen-bond donors (Lipinski definition) is 5. The van der Waals surface area contributed by atoms with E-state index in [1.807, 2.05) is 12.1 Å². The van der Waals surface area contributed by atoms with Crippen molar-refractivity contribution in [1.29, 1.82) is 0 Å². The lowest BCUT2D eigenvalue weighted by molar-refractivity contribution is -0.137. The Morgan fingerprint density at radius 3 is 2.10 bits per heavy atom. The van der Waals surface area contributed by atoms with Crippen LogP contribution in [-0.2, 0) is 9.59 Å². The smallest absolute Gasteiger partial charge is 0.275 e. The second-order valence-corrected chi connectivity index (χ2v) is 6.84. The fourth-order valence-corrected chi connectivity index (χ4v) is 2.76. The fourth-order valence-electron chi connectivity index (χ4n) is 2.76. The molecule has 158 valence electrons. The molecule has 0 heterocycles. The molecular weight excluding hydrogens is 390 g/mol. The number of ether oxygens (including phenoxy) is 1. The monoisotopic (exact) mass is 413 g/mol. The van der Waals surface area contributed by atoms with Crippen molar-refractivity contribution < 1.29 is 29.4 Å². The van der Waals surface area contributed by atoms with Gasteiger partial charge in [0.2, 0.25) is 0 Å². The molecule has 9 nitrogen and oxygen atoms in total. The van der Waals surface area contributed by atoms with Gasteiger partial charge in [0.15, 0.2) is 6.04 Å². The van der Waals surface area contributed by atoms with E-state index in [1.54, 1.807) is 36.4 Å². The highest BCUT2D eigenvalue weighted by atomic mass is 16.5. The maximum Gasteiger partial charge on any atom is 0.275 e. The average molecular weight is 413 g/mol. The third-order valence-corrected chi connectivity index (χ3v) is 4.53. The van der Waals surface area contributed by atoms with Gasteiger partial charge in [0, 0.05) is 11.6 Å². The summed E-state index contributed by atoms with van der Waals surface area (Å²) in [6, 6.07) is 12.4. The zero-order valence-electron chi connectivity index (χ0n) is 16.1. The lowest BCUT2D eigenvalue weighted by atomic mass is 10.0. The van der Waals surface area contributed by atoms with Gasteiger partial charge in [-0.1, -0.05) is 24.3 Å². The number of benzene rings is 2. The van der Waals surface area contributed by atoms with Crippen LogP contribution in [0.4, 0.5) is 0 Å². The summed E-state index contributed by atoms with van der Waals surface area (Å²) in [5, 5.41) is 22.6. The molecular formula is C21H23N3O6. The van der Waals surface area contributed by atoms with E-state index < -0.39 is 23.8 Å². The van der Waals surface area contributed by atoms with Gasteiger partial charge in [-0.15, -0.1) is 0 Å². The molecule has 9 heteroatoms. The van der Waals surface area contributed by atoms with Crippen LogP contribution in [0.25, 0.3) is 11.1 Å². The van der Waals surface area contributed by atoms with Crippen LogP contribution in [-0.4, -0.2) is 53.3 Å². The van der Waals surface area contributed by atoms with Crippen LogP contribution in [0.2, 0.25) is 0 Å². The third kappa shape index (κ3) is 5.56. The number of hydrogen-bond acceptors (Lipinski definition) is 6. The van der Waals surface area contributed by atoms with Crippen LogP contribution in [0.3, 0.4) is 0 Å². The first-order valence-corrected chi connectivity index (χ1v) is 9.51. The van der Waals surface area contributed by atoms with Crippen molar-refractivity contribution in [1.82, 2.24) is 16.1 Å². The molecule has 2 aromatic carbocycles. The molecule has 1 atom stereocenters. The van der Waals surface area contributed by atoms with E-state index in [0.717, 1.165) is 24.0 Å². The van der Waals surface area contributed by atoms with E-state index in [0.29, 0.717) is 5.75 Å². The first-order chi connectivity index (χ1) is 14.5. The summed E-state index contributed by atoms with van der Waals surface area (Å²) in [6.07, 6.45) is 1.65. The lowest BCUT2D eigenvalue weighted by Gasteiger charge is -2.16. The van der Waals surface area contributed by atoms with Crippen molar-refractivity contribution in [2.24, 2.45) is 0 Å². The van der Waals surface area contributed by atoms with Crippen molar-refractivity contribution in [2.45, 2.75) is 24.9 Å². The fraction of sp³-hybridized carbons (Fsp3) is 0.286. The predicted octanol–water partition coefficient (Wildman–Crippen LogP) is 0.607. The Balaban J connectivity index is 1.65. The number of nitrogens with one attached hydrogen (secondary N) is 3. The Labute approximate surface area is 173 Å². The summed E-state index contributed by atoms with van der Waals surface area (Å²) in [5.74, 6) is -1.66. The second kappa shape index (κ2) is 9.86. The van der Waals surface area contributed by atoms with E-state index in [2.05, 4.69) is 10.6 Å². The Hall–Kier alpha value is -3.43. The van der Waals surface area contributed by atoms with E-state index in [1.165, 1.54) is 5.48 Å². The molecule has 0 saturated heterocycles. The van der Waals surface area contributed by atoms with Gasteiger partial charge in [-0.3, -0.25) is 19.6 Å². The average Bonchev–Trinajstić information content (AvgIpc) is 3.59. The highest BCUT2D eigenvalue weighted by molar-refractivity contribution is 6.09. The van der Waals surface area contributed by atoms with Gasteiger partial charge in [-0.2, -0.15) is 0 Å². The van der Waals surface area contributed by atoms with Gasteiger partial charge in [0.1, 0.15) is 12.4 Å². The quantitative estimate of drug-likeness (QED) is 0.232. The van der Waals surface area contributed by atoms with Gasteiger partial charge in [-0.05, 0) is 48.2 Å². The molecule has 0 spiro atoms. The molecule has 1 aliphatic carbocycles. The molecule has 3 amide bonds. The number of hydroxylamine groups is 1. The van der Waals surface area contributed by atoms with E-state index >= 15 is 0 Å². The number of rotatable bonds is 9. The van der Waals surface area contributed by atoms with Crippen LogP contribution in [0.5, 0.6) is 5.75 Å². The van der Waals surface area contributed by atoms with Crippen LogP contribution in [0.1, 0.15) is 23.2 Å². The van der Waals surface area contributed by atoms with Gasteiger partial charge in [0.25, 0.3) is 17.7 Å². The Morgan fingerprint density at radius 2 is 1.57 bits per heavy atom. The van der Waals surface area contributed by atoms with E-state index in [-0.39, 0.29) is 24.8 Å². The number of carbonyl (C=O) groups excluding carboxylic acids is 3. The van der Waals surface area contributed by atoms with Crippen molar-refractivity contribution in [3.05, 3.63) is 54.1 Å². The minimum atomic E-state index is -1.53. The highest BCUT2D eigenvalue weighted by Gasteiger charge is 2.33. The van der Waals surface area contributed by atoms with Crippen LogP contribution in [0, 0.1) is 0 Å². The molecule has 1 aliphatic rings. The largest absolute Gasteiger partial charge is 0.491 e. The molecule has 3 rings (SSSR count). The van der Waals surface area contributed by atoms with Crippen molar-refractivity contribution in [3.8, 4) is 16.9 Å². The SMILES string of the molecule is O=C(NC(C(=O)NO)C(=O)NC1CC1)c1ccc(-c2ccc(OCCO)cc2)cc1. The molecule has 0 radical (unpaired) electrons. The summed E-state index contributed by atoms with van der Waals surface area (Å²) in [4.78, 5) is 36.4. The number of aliphatic hydroxyl groups excluding tert-OH is 1. The Bertz CT molecular complexity index is 894.